The van der Waals surface area contributed by atoms with Crippen LogP contribution in [0.2, 0.25) is 0 Å². The Hall–Kier alpha value is -1.69. The van der Waals surface area contributed by atoms with Gasteiger partial charge in [0.25, 0.3) is 5.91 Å². The summed E-state index contributed by atoms with van der Waals surface area (Å²) in [4.78, 5) is 15.4. The van der Waals surface area contributed by atoms with Crippen molar-refractivity contribution in [2.24, 2.45) is 7.05 Å². The van der Waals surface area contributed by atoms with Crippen molar-refractivity contribution in [3.63, 3.8) is 0 Å². The molecule has 0 bridgehead atoms. The van der Waals surface area contributed by atoms with Gasteiger partial charge in [-0.1, -0.05) is 0 Å². The Labute approximate surface area is 97.1 Å². The normalized spacial score (nSPS) is 10.3. The molecule has 2 aromatic heterocycles. The molecule has 0 saturated carbocycles. The molecule has 0 spiro atoms. The third-order valence-electron chi connectivity index (χ3n) is 2.10. The molecule has 0 aliphatic rings. The molecule has 16 heavy (non-hydrogen) atoms. The fourth-order valence-corrected chi connectivity index (χ4v) is 1.85. The lowest BCUT2D eigenvalue weighted by Gasteiger charge is -2.00. The maximum Gasteiger partial charge on any atom is 0.270 e. The Morgan fingerprint density at radius 2 is 2.50 bits per heavy atom. The van der Waals surface area contributed by atoms with Gasteiger partial charge in [-0.15, -0.1) is 11.3 Å². The van der Waals surface area contributed by atoms with Gasteiger partial charge in [-0.3, -0.25) is 9.48 Å². The van der Waals surface area contributed by atoms with Crippen molar-refractivity contribution in [2.45, 2.75) is 6.42 Å². The van der Waals surface area contributed by atoms with Crippen LogP contribution in [0, 0.1) is 0 Å². The molecule has 2 aromatic rings. The highest BCUT2D eigenvalue weighted by Gasteiger charge is 2.06. The molecule has 1 amide bonds. The second-order valence-corrected chi connectivity index (χ2v) is 4.08. The number of thiazole rings is 1. The van der Waals surface area contributed by atoms with Crippen LogP contribution in [-0.4, -0.2) is 27.2 Å². The number of nitrogens with zero attached hydrogens (tertiary/aromatic N) is 3. The van der Waals surface area contributed by atoms with Gasteiger partial charge in [0.15, 0.2) is 0 Å². The molecule has 0 aromatic carbocycles. The molecule has 2 rings (SSSR count). The monoisotopic (exact) mass is 236 g/mol. The van der Waals surface area contributed by atoms with E-state index in [0.717, 1.165) is 12.1 Å². The van der Waals surface area contributed by atoms with Gasteiger partial charge in [0.1, 0.15) is 5.69 Å². The first-order valence-corrected chi connectivity index (χ1v) is 5.85. The molecule has 5 nitrogen and oxygen atoms in total. The maximum atomic E-state index is 11.5. The van der Waals surface area contributed by atoms with Crippen molar-refractivity contribution in [3.8, 4) is 0 Å². The quantitative estimate of drug-likeness (QED) is 0.856. The van der Waals surface area contributed by atoms with Gasteiger partial charge in [0.05, 0.1) is 11.2 Å². The van der Waals surface area contributed by atoms with Gasteiger partial charge in [-0.25, -0.2) is 4.98 Å². The maximum absolute atomic E-state index is 11.5. The summed E-state index contributed by atoms with van der Waals surface area (Å²) >= 11 is 1.41. The van der Waals surface area contributed by atoms with Crippen LogP contribution in [0.3, 0.4) is 0 Å². The molecule has 0 unspecified atom stereocenters. The standard InChI is InChI=1S/C10H12N4OS/c1-14-5-3-8(13-14)2-4-11-10(15)9-6-16-7-12-9/h3,5-7H,2,4H2,1H3,(H,11,15). The average molecular weight is 236 g/mol. The van der Waals surface area contributed by atoms with Crippen LogP contribution in [0.5, 0.6) is 0 Å². The predicted molar refractivity (Wildman–Crippen MR) is 61.4 cm³/mol. The van der Waals surface area contributed by atoms with Crippen molar-refractivity contribution in [3.05, 3.63) is 34.5 Å². The average Bonchev–Trinajstić information content (AvgIpc) is 2.89. The fourth-order valence-electron chi connectivity index (χ4n) is 1.32. The van der Waals surface area contributed by atoms with Crippen LogP contribution in [0.4, 0.5) is 0 Å². The minimum absolute atomic E-state index is 0.128. The zero-order chi connectivity index (χ0) is 11.4. The number of aryl methyl sites for hydroxylation is 1. The Bertz CT molecular complexity index is 463. The summed E-state index contributed by atoms with van der Waals surface area (Å²) in [5.41, 5.74) is 3.10. The lowest BCUT2D eigenvalue weighted by Crippen LogP contribution is -2.26. The first kappa shape index (κ1) is 10.8. The summed E-state index contributed by atoms with van der Waals surface area (Å²) in [5.74, 6) is -0.128. The van der Waals surface area contributed by atoms with Gasteiger partial charge in [-0.05, 0) is 6.07 Å². The van der Waals surface area contributed by atoms with E-state index in [4.69, 9.17) is 0 Å². The zero-order valence-electron chi connectivity index (χ0n) is 8.88. The summed E-state index contributed by atoms with van der Waals surface area (Å²) in [6.07, 6.45) is 2.62. The minimum Gasteiger partial charge on any atom is -0.350 e. The van der Waals surface area contributed by atoms with E-state index >= 15 is 0 Å². The predicted octanol–water partition coefficient (Wildman–Crippen LogP) is 0.849. The number of nitrogens with one attached hydrogen (secondary N) is 1. The van der Waals surface area contributed by atoms with E-state index in [1.165, 1.54) is 11.3 Å². The molecular weight excluding hydrogens is 224 g/mol. The van der Waals surface area contributed by atoms with Crippen molar-refractivity contribution < 1.29 is 4.79 Å². The Morgan fingerprint density at radius 3 is 3.12 bits per heavy atom. The lowest BCUT2D eigenvalue weighted by atomic mass is 10.3. The molecular formula is C10H12N4OS. The van der Waals surface area contributed by atoms with Crippen LogP contribution in [0.1, 0.15) is 16.2 Å². The molecule has 6 heteroatoms. The summed E-state index contributed by atoms with van der Waals surface area (Å²) in [5, 5.41) is 8.75. The van der Waals surface area contributed by atoms with Gasteiger partial charge in [0.2, 0.25) is 0 Å². The summed E-state index contributed by atoms with van der Waals surface area (Å²) < 4.78 is 1.75. The third kappa shape index (κ3) is 2.66. The molecule has 0 aliphatic carbocycles. The SMILES string of the molecule is Cn1ccc(CCNC(=O)c2cscn2)n1. The van der Waals surface area contributed by atoms with E-state index in [0.29, 0.717) is 12.2 Å². The van der Waals surface area contributed by atoms with Crippen molar-refractivity contribution in [1.82, 2.24) is 20.1 Å². The first-order chi connectivity index (χ1) is 7.75. The summed E-state index contributed by atoms with van der Waals surface area (Å²) in [7, 11) is 1.87. The van der Waals surface area contributed by atoms with E-state index in [-0.39, 0.29) is 5.91 Å². The molecule has 0 radical (unpaired) electrons. The molecule has 1 N–H and O–H groups in total. The molecule has 0 aliphatic heterocycles. The zero-order valence-corrected chi connectivity index (χ0v) is 9.70. The Morgan fingerprint density at radius 1 is 1.62 bits per heavy atom. The minimum atomic E-state index is -0.128. The summed E-state index contributed by atoms with van der Waals surface area (Å²) in [6.45, 7) is 0.577. The smallest absolute Gasteiger partial charge is 0.270 e. The van der Waals surface area contributed by atoms with Crippen LogP contribution in [-0.2, 0) is 13.5 Å². The van der Waals surface area contributed by atoms with E-state index in [9.17, 15) is 4.79 Å². The van der Waals surface area contributed by atoms with Crippen LogP contribution >= 0.6 is 11.3 Å². The highest BCUT2D eigenvalue weighted by molar-refractivity contribution is 7.07. The van der Waals surface area contributed by atoms with Crippen LogP contribution < -0.4 is 5.32 Å². The van der Waals surface area contributed by atoms with E-state index < -0.39 is 0 Å². The van der Waals surface area contributed by atoms with Gasteiger partial charge in [-0.2, -0.15) is 5.10 Å². The van der Waals surface area contributed by atoms with Crippen molar-refractivity contribution in [1.29, 1.82) is 0 Å². The number of carbonyl (C=O) groups is 1. The highest BCUT2D eigenvalue weighted by atomic mass is 32.1. The van der Waals surface area contributed by atoms with Crippen molar-refractivity contribution in [2.75, 3.05) is 6.54 Å². The molecule has 0 atom stereocenters. The van der Waals surface area contributed by atoms with Gasteiger partial charge in [0, 0.05) is 31.6 Å². The molecule has 0 saturated heterocycles. The van der Waals surface area contributed by atoms with Crippen LogP contribution in [0.25, 0.3) is 0 Å². The van der Waals surface area contributed by atoms with Crippen LogP contribution in [0.15, 0.2) is 23.2 Å². The molecule has 0 fully saturated rings. The summed E-state index contributed by atoms with van der Waals surface area (Å²) in [6, 6.07) is 1.94. The Balaban J connectivity index is 1.78. The van der Waals surface area contributed by atoms with Crippen molar-refractivity contribution >= 4 is 17.2 Å². The molecule has 84 valence electrons. The largest absolute Gasteiger partial charge is 0.350 e. The lowest BCUT2D eigenvalue weighted by molar-refractivity contribution is 0.0950. The topological polar surface area (TPSA) is 59.8 Å². The number of amides is 1. The Kier molecular flexibility index (Phi) is 3.31. The number of carbonyl (C=O) groups excluding carboxylic acids is 1. The second kappa shape index (κ2) is 4.89. The number of aromatic nitrogens is 3. The fraction of sp³-hybridized carbons (Fsp3) is 0.300. The number of hydrogen-bond donors (Lipinski definition) is 1. The highest BCUT2D eigenvalue weighted by Crippen LogP contribution is 2.00. The molecule has 2 heterocycles. The number of rotatable bonds is 4. The number of hydrogen-bond acceptors (Lipinski definition) is 4. The van der Waals surface area contributed by atoms with E-state index in [1.807, 2.05) is 19.3 Å². The third-order valence-corrected chi connectivity index (χ3v) is 2.69. The second-order valence-electron chi connectivity index (χ2n) is 3.36. The van der Waals surface area contributed by atoms with E-state index in [1.54, 1.807) is 15.6 Å². The first-order valence-electron chi connectivity index (χ1n) is 4.90. The van der Waals surface area contributed by atoms with Gasteiger partial charge < -0.3 is 5.32 Å². The van der Waals surface area contributed by atoms with Gasteiger partial charge >= 0.3 is 0 Å². The van der Waals surface area contributed by atoms with E-state index in [2.05, 4.69) is 15.4 Å².